The summed E-state index contributed by atoms with van der Waals surface area (Å²) < 4.78 is 0. The molecule has 1 heterocycles. The monoisotopic (exact) mass is 183 g/mol. The van der Waals surface area contributed by atoms with Gasteiger partial charge in [-0.15, -0.1) is 0 Å². The highest BCUT2D eigenvalue weighted by molar-refractivity contribution is 5.94. The highest BCUT2D eigenvalue weighted by Crippen LogP contribution is 2.12. The van der Waals surface area contributed by atoms with Gasteiger partial charge in [-0.05, 0) is 7.05 Å². The van der Waals surface area contributed by atoms with Gasteiger partial charge in [0.1, 0.15) is 0 Å². The molecule has 0 saturated heterocycles. The van der Waals surface area contributed by atoms with Crippen LogP contribution in [0.4, 0.5) is 0 Å². The van der Waals surface area contributed by atoms with Crippen molar-refractivity contribution >= 4 is 11.8 Å². The largest absolute Gasteiger partial charge is 0.369 e. The smallest absolute Gasteiger partial charge is 0.245 e. The van der Waals surface area contributed by atoms with Crippen LogP contribution in [-0.4, -0.2) is 36.9 Å². The topological polar surface area (TPSA) is 89.4 Å². The van der Waals surface area contributed by atoms with Crippen molar-refractivity contribution in [2.75, 3.05) is 20.1 Å². The van der Waals surface area contributed by atoms with Crippen molar-refractivity contribution in [3.63, 3.8) is 0 Å². The number of hydrogen-bond donors (Lipinski definition) is 2. The van der Waals surface area contributed by atoms with Gasteiger partial charge in [0.25, 0.3) is 0 Å². The average molecular weight is 183 g/mol. The van der Waals surface area contributed by atoms with E-state index in [2.05, 4.69) is 0 Å². The summed E-state index contributed by atoms with van der Waals surface area (Å²) in [6.07, 6.45) is 1.56. The van der Waals surface area contributed by atoms with Gasteiger partial charge < -0.3 is 16.4 Å². The molecule has 0 saturated carbocycles. The minimum Gasteiger partial charge on any atom is -0.369 e. The van der Waals surface area contributed by atoms with Gasteiger partial charge in [-0.1, -0.05) is 6.08 Å². The molecule has 0 aromatic rings. The van der Waals surface area contributed by atoms with Crippen molar-refractivity contribution < 1.29 is 9.59 Å². The lowest BCUT2D eigenvalue weighted by Crippen LogP contribution is -2.40. The molecule has 0 aromatic heterocycles. The Hall–Kier alpha value is -1.36. The molecule has 5 nitrogen and oxygen atoms in total. The molecule has 0 spiro atoms. The van der Waals surface area contributed by atoms with E-state index in [9.17, 15) is 9.59 Å². The van der Waals surface area contributed by atoms with Crippen LogP contribution in [0.3, 0.4) is 0 Å². The van der Waals surface area contributed by atoms with Crippen LogP contribution in [0.15, 0.2) is 11.6 Å². The minimum absolute atomic E-state index is 0.402. The van der Waals surface area contributed by atoms with Crippen molar-refractivity contribution in [2.24, 2.45) is 17.4 Å². The first-order chi connectivity index (χ1) is 6.00. The van der Waals surface area contributed by atoms with Gasteiger partial charge in [0, 0.05) is 18.7 Å². The summed E-state index contributed by atoms with van der Waals surface area (Å²) >= 11 is 0. The van der Waals surface area contributed by atoms with E-state index in [0.29, 0.717) is 18.7 Å². The van der Waals surface area contributed by atoms with Crippen LogP contribution >= 0.6 is 0 Å². The minimum atomic E-state index is -0.488. The van der Waals surface area contributed by atoms with Gasteiger partial charge in [0.2, 0.25) is 11.8 Å². The lowest BCUT2D eigenvalue weighted by molar-refractivity contribution is -0.121. The number of rotatable bonds is 2. The summed E-state index contributed by atoms with van der Waals surface area (Å²) in [5.41, 5.74) is 10.7. The Bertz CT molecular complexity index is 273. The van der Waals surface area contributed by atoms with Crippen molar-refractivity contribution in [1.82, 2.24) is 4.90 Å². The molecule has 4 N–H and O–H groups in total. The van der Waals surface area contributed by atoms with Crippen LogP contribution in [0.1, 0.15) is 0 Å². The second-order valence-electron chi connectivity index (χ2n) is 3.26. The van der Waals surface area contributed by atoms with Crippen LogP contribution in [0.5, 0.6) is 0 Å². The highest BCUT2D eigenvalue weighted by atomic mass is 16.1. The predicted molar refractivity (Wildman–Crippen MR) is 47.5 cm³/mol. The number of likely N-dealkylation sites (N-methyl/N-ethyl adjacent to an activating group) is 1. The van der Waals surface area contributed by atoms with Gasteiger partial charge in [-0.2, -0.15) is 0 Å². The molecule has 13 heavy (non-hydrogen) atoms. The van der Waals surface area contributed by atoms with E-state index in [1.807, 2.05) is 11.9 Å². The molecule has 5 heteroatoms. The molecule has 0 aliphatic carbocycles. The molecule has 1 aliphatic rings. The number of hydrogen-bond acceptors (Lipinski definition) is 3. The molecular weight excluding hydrogens is 170 g/mol. The first-order valence-corrected chi connectivity index (χ1v) is 3.99. The van der Waals surface area contributed by atoms with E-state index < -0.39 is 17.7 Å². The van der Waals surface area contributed by atoms with E-state index in [-0.39, 0.29) is 0 Å². The maximum atomic E-state index is 10.9. The Morgan fingerprint density at radius 3 is 2.62 bits per heavy atom. The standard InChI is InChI=1S/C8H13N3O2/c1-11-3-5(7(9)12)2-6(4-11)8(10)13/h2,5H,3-4H2,1H3,(H2,9,12)(H2,10,13)/t5-/m0/s1. The molecule has 0 unspecified atom stereocenters. The summed E-state index contributed by atoms with van der Waals surface area (Å²) in [6, 6.07) is 0. The second-order valence-corrected chi connectivity index (χ2v) is 3.26. The molecule has 0 fully saturated rings. The average Bonchev–Trinajstić information content (AvgIpc) is 2.03. The number of carbonyl (C=O) groups excluding carboxylic acids is 2. The van der Waals surface area contributed by atoms with E-state index >= 15 is 0 Å². The van der Waals surface area contributed by atoms with Crippen molar-refractivity contribution in [1.29, 1.82) is 0 Å². The summed E-state index contributed by atoms with van der Waals surface area (Å²) in [5.74, 6) is -1.32. The Balaban J connectivity index is 2.85. The third-order valence-corrected chi connectivity index (χ3v) is 2.03. The fraction of sp³-hybridized carbons (Fsp3) is 0.500. The molecule has 1 rings (SSSR count). The summed E-state index contributed by atoms with van der Waals surface area (Å²) in [5, 5.41) is 0. The number of primary amides is 2. The third-order valence-electron chi connectivity index (χ3n) is 2.03. The first kappa shape index (κ1) is 9.73. The Morgan fingerprint density at radius 2 is 2.15 bits per heavy atom. The van der Waals surface area contributed by atoms with Crippen LogP contribution in [-0.2, 0) is 9.59 Å². The van der Waals surface area contributed by atoms with Gasteiger partial charge in [-0.25, -0.2) is 0 Å². The van der Waals surface area contributed by atoms with Crippen LogP contribution in [0.25, 0.3) is 0 Å². The number of nitrogens with two attached hydrogens (primary N) is 2. The zero-order chi connectivity index (χ0) is 10.0. The SMILES string of the molecule is CN1CC(C(N)=O)=C[C@H](C(N)=O)C1. The summed E-state index contributed by atoms with van der Waals surface area (Å²) in [7, 11) is 1.81. The zero-order valence-electron chi connectivity index (χ0n) is 7.49. The number of carbonyl (C=O) groups is 2. The van der Waals surface area contributed by atoms with E-state index in [1.54, 1.807) is 6.08 Å². The second kappa shape index (κ2) is 3.57. The Labute approximate surface area is 76.4 Å². The van der Waals surface area contributed by atoms with Crippen LogP contribution in [0.2, 0.25) is 0 Å². The van der Waals surface area contributed by atoms with Gasteiger partial charge in [0.05, 0.1) is 5.92 Å². The molecule has 0 radical (unpaired) electrons. The van der Waals surface area contributed by atoms with E-state index in [1.165, 1.54) is 0 Å². The van der Waals surface area contributed by atoms with E-state index in [4.69, 9.17) is 11.5 Å². The third kappa shape index (κ3) is 2.29. The quantitative estimate of drug-likeness (QED) is 0.543. The molecule has 2 amide bonds. The molecule has 1 aliphatic heterocycles. The normalized spacial score (nSPS) is 23.8. The molecular formula is C8H13N3O2. The fourth-order valence-corrected chi connectivity index (χ4v) is 1.37. The first-order valence-electron chi connectivity index (χ1n) is 3.99. The number of nitrogens with zero attached hydrogens (tertiary/aromatic N) is 1. The van der Waals surface area contributed by atoms with Crippen LogP contribution in [0, 0.1) is 5.92 Å². The maximum Gasteiger partial charge on any atom is 0.245 e. The zero-order valence-corrected chi connectivity index (χ0v) is 7.49. The Kier molecular flexibility index (Phi) is 2.67. The molecule has 0 aromatic carbocycles. The molecule has 0 bridgehead atoms. The lowest BCUT2D eigenvalue weighted by Gasteiger charge is -2.26. The number of amides is 2. The predicted octanol–water partition coefficient (Wildman–Crippen LogP) is -1.55. The molecule has 1 atom stereocenters. The fourth-order valence-electron chi connectivity index (χ4n) is 1.37. The highest BCUT2D eigenvalue weighted by Gasteiger charge is 2.23. The van der Waals surface area contributed by atoms with Gasteiger partial charge >= 0.3 is 0 Å². The summed E-state index contributed by atoms with van der Waals surface area (Å²) in [6.45, 7) is 1.03. The van der Waals surface area contributed by atoms with E-state index in [0.717, 1.165) is 0 Å². The van der Waals surface area contributed by atoms with Gasteiger partial charge in [-0.3, -0.25) is 9.59 Å². The van der Waals surface area contributed by atoms with Crippen LogP contribution < -0.4 is 11.5 Å². The lowest BCUT2D eigenvalue weighted by atomic mass is 9.99. The summed E-state index contributed by atoms with van der Waals surface area (Å²) in [4.78, 5) is 23.6. The van der Waals surface area contributed by atoms with Crippen molar-refractivity contribution in [3.8, 4) is 0 Å². The molecule has 72 valence electrons. The Morgan fingerprint density at radius 1 is 1.54 bits per heavy atom. The van der Waals surface area contributed by atoms with Crippen molar-refractivity contribution in [3.05, 3.63) is 11.6 Å². The maximum absolute atomic E-state index is 10.9. The van der Waals surface area contributed by atoms with Crippen molar-refractivity contribution in [2.45, 2.75) is 0 Å². The van der Waals surface area contributed by atoms with Gasteiger partial charge in [0.15, 0.2) is 0 Å².